The molecule has 1 rings (SSSR count). The average molecular weight is 861 g/mol. The predicted molar refractivity (Wildman–Crippen MR) is 202 cm³/mol. The first-order valence-corrected chi connectivity index (χ1v) is 19.2. The fraction of sp³-hybridized carbons (Fsp3) is 0.657. The normalized spacial score (nSPS) is 15.8. The number of ketones is 1. The molecule has 0 unspecified atom stereocenters. The molecular weight excluding hydrogens is 808 g/mol. The highest BCUT2D eigenvalue weighted by Gasteiger charge is 2.38. The lowest BCUT2D eigenvalue weighted by Crippen LogP contribution is -2.61. The molecule has 330 valence electrons. The zero-order valence-corrected chi connectivity index (χ0v) is 33.5. The van der Waals surface area contributed by atoms with Crippen molar-refractivity contribution < 1.29 is 83.1 Å². The number of nitrogens with one attached hydrogen (secondary N) is 6. The van der Waals surface area contributed by atoms with Gasteiger partial charge in [0.05, 0.1) is 6.42 Å². The van der Waals surface area contributed by atoms with E-state index in [-0.39, 0.29) is 12.3 Å². The summed E-state index contributed by atoms with van der Waals surface area (Å²) in [7, 11) is 0. The van der Waals surface area contributed by atoms with Crippen molar-refractivity contribution in [2.24, 2.45) is 17.8 Å². The summed E-state index contributed by atoms with van der Waals surface area (Å²) in [5.74, 6) is -20.4. The topological polar surface area (TPSA) is 378 Å². The molecule has 0 saturated heterocycles. The molecule has 23 nitrogen and oxygen atoms in total. The number of hydrogen-bond donors (Lipinski definition) is 12. The maximum Gasteiger partial charge on any atom is 0.374 e. The first kappa shape index (κ1) is 51.2. The second-order valence-electron chi connectivity index (χ2n) is 14.3. The van der Waals surface area contributed by atoms with Gasteiger partial charge in [0.2, 0.25) is 35.4 Å². The minimum Gasteiger partial charge on any atom is -0.481 e. The molecule has 11 N–H and O–H groups in total. The lowest BCUT2D eigenvalue weighted by Gasteiger charge is -2.30. The van der Waals surface area contributed by atoms with E-state index in [1.807, 2.05) is 10.6 Å². The van der Waals surface area contributed by atoms with E-state index in [1.165, 1.54) is 13.8 Å². The van der Waals surface area contributed by atoms with Crippen LogP contribution in [0.3, 0.4) is 0 Å². The molecule has 0 radical (unpaired) electrons. The van der Waals surface area contributed by atoms with Gasteiger partial charge in [-0.1, -0.05) is 46.0 Å². The van der Waals surface area contributed by atoms with E-state index < -0.39 is 151 Å². The van der Waals surface area contributed by atoms with Crippen LogP contribution < -0.4 is 31.9 Å². The molecule has 59 heavy (non-hydrogen) atoms. The van der Waals surface area contributed by atoms with Crippen molar-refractivity contribution in [1.82, 2.24) is 31.9 Å². The third-order valence-electron chi connectivity index (χ3n) is 9.25. The van der Waals surface area contributed by atoms with Crippen LogP contribution in [0.25, 0.3) is 0 Å². The second-order valence-corrected chi connectivity index (χ2v) is 14.7. The van der Waals surface area contributed by atoms with Crippen molar-refractivity contribution in [3.8, 4) is 0 Å². The lowest BCUT2D eigenvalue weighted by atomic mass is 9.84. The van der Waals surface area contributed by atoms with Gasteiger partial charge in [0.25, 0.3) is 5.78 Å². The van der Waals surface area contributed by atoms with Crippen LogP contribution in [0, 0.1) is 17.8 Å². The number of rotatable bonds is 26. The SMILES string of the molecule is CC(=O)N[C@@H](CC(=O)O)C(=O)N[C@H](CC(C(=O)O)C(=O)O)C(=O)N[C@H](C(=O)N[C@@H](CCC(=O)O)C(=O)N[C@@H](CC1CCCCC1)C(=O)N[C@@H](CS)C(=O)C(=O)O)C(C)C. The van der Waals surface area contributed by atoms with Gasteiger partial charge in [-0.2, -0.15) is 12.6 Å². The maximum absolute atomic E-state index is 13.8. The molecule has 0 bridgehead atoms. The number of aliphatic carboxylic acids is 5. The maximum atomic E-state index is 13.8. The number of amides is 6. The molecule has 0 aromatic heterocycles. The van der Waals surface area contributed by atoms with Crippen LogP contribution in [-0.2, 0) is 57.5 Å². The van der Waals surface area contributed by atoms with Crippen molar-refractivity contribution >= 4 is 83.7 Å². The Hall–Kier alpha value is -5.81. The molecule has 1 fully saturated rings. The largest absolute Gasteiger partial charge is 0.481 e. The van der Waals surface area contributed by atoms with Crippen LogP contribution >= 0.6 is 12.6 Å². The fourth-order valence-electron chi connectivity index (χ4n) is 6.14. The molecular formula is C35H52N6O17S. The quantitative estimate of drug-likeness (QED) is 0.0246. The molecule has 0 spiro atoms. The Balaban J connectivity index is 3.49. The minimum absolute atomic E-state index is 0.0262. The van der Waals surface area contributed by atoms with Gasteiger partial charge in [-0.3, -0.25) is 52.7 Å². The number of carbonyl (C=O) groups excluding carboxylic acids is 7. The standard InChI is InChI=1S/C35H52N6O17S/c1-15(2)26(41-31(51)21(12-18(33(53)54)34(55)56)39-30(50)22(13-25(45)46)36-16(3)42)32(52)37-19(9-10-24(43)44)28(48)38-20(11-17-7-5-4-6-8-17)29(49)40-23(14-59)27(47)35(57)58/h15,17-23,26,59H,4-14H2,1-3H3,(H,36,42)(H,37,52)(H,38,48)(H,39,50)(H,40,49)(H,41,51)(H,43,44)(H,45,46)(H,53,54)(H,55,56)(H,57,58)/t19-,20-,21+,22-,23-,26-/m0/s1. The number of carboxylic acid groups (broad SMARTS) is 5. The summed E-state index contributed by atoms with van der Waals surface area (Å²) < 4.78 is 0. The van der Waals surface area contributed by atoms with E-state index in [9.17, 15) is 78.0 Å². The number of thiol groups is 1. The summed E-state index contributed by atoms with van der Waals surface area (Å²) in [6.45, 7) is 3.76. The minimum atomic E-state index is -2.32. The summed E-state index contributed by atoms with van der Waals surface area (Å²) >= 11 is 3.94. The van der Waals surface area contributed by atoms with E-state index in [0.29, 0.717) is 12.8 Å². The van der Waals surface area contributed by atoms with Crippen molar-refractivity contribution in [2.75, 3.05) is 5.75 Å². The molecule has 24 heteroatoms. The van der Waals surface area contributed by atoms with Gasteiger partial charge in [0.15, 0.2) is 5.92 Å². The van der Waals surface area contributed by atoms with Crippen LogP contribution in [0.15, 0.2) is 0 Å². The van der Waals surface area contributed by atoms with E-state index >= 15 is 0 Å². The number of hydrogen-bond acceptors (Lipinski definition) is 13. The summed E-state index contributed by atoms with van der Waals surface area (Å²) in [5, 5.41) is 60.1. The van der Waals surface area contributed by atoms with Crippen LogP contribution in [0.4, 0.5) is 0 Å². The van der Waals surface area contributed by atoms with Gasteiger partial charge in [-0.05, 0) is 24.7 Å². The molecule has 1 aliphatic carbocycles. The van der Waals surface area contributed by atoms with Crippen molar-refractivity contribution in [1.29, 1.82) is 0 Å². The first-order chi connectivity index (χ1) is 27.5. The fourth-order valence-corrected chi connectivity index (χ4v) is 6.40. The predicted octanol–water partition coefficient (Wildman–Crippen LogP) is -2.36. The summed E-state index contributed by atoms with van der Waals surface area (Å²) in [6, 6.07) is -10.2. The van der Waals surface area contributed by atoms with E-state index in [0.717, 1.165) is 26.2 Å². The first-order valence-electron chi connectivity index (χ1n) is 18.5. The van der Waals surface area contributed by atoms with E-state index in [1.54, 1.807) is 0 Å². The zero-order chi connectivity index (χ0) is 45.1. The summed E-state index contributed by atoms with van der Waals surface area (Å²) in [5.41, 5.74) is 0. The zero-order valence-electron chi connectivity index (χ0n) is 32.6. The van der Waals surface area contributed by atoms with Crippen molar-refractivity contribution in [2.45, 2.75) is 121 Å². The molecule has 0 aromatic carbocycles. The monoisotopic (exact) mass is 860 g/mol. The Morgan fingerprint density at radius 2 is 1.08 bits per heavy atom. The highest BCUT2D eigenvalue weighted by atomic mass is 32.1. The highest BCUT2D eigenvalue weighted by molar-refractivity contribution is 7.80. The van der Waals surface area contributed by atoms with E-state index in [2.05, 4.69) is 33.9 Å². The van der Waals surface area contributed by atoms with Crippen LogP contribution in [0.1, 0.15) is 85.0 Å². The van der Waals surface area contributed by atoms with Gasteiger partial charge in [-0.15, -0.1) is 0 Å². The Bertz CT molecular complexity index is 1590. The molecule has 0 aliphatic heterocycles. The third kappa shape index (κ3) is 18.1. The van der Waals surface area contributed by atoms with Gasteiger partial charge in [-0.25, -0.2) is 4.79 Å². The molecule has 0 heterocycles. The Kier molecular flexibility index (Phi) is 21.6. The second kappa shape index (κ2) is 24.8. The highest BCUT2D eigenvalue weighted by Crippen LogP contribution is 2.27. The Morgan fingerprint density at radius 3 is 1.56 bits per heavy atom. The van der Waals surface area contributed by atoms with Gasteiger partial charge in [0, 0.05) is 25.5 Å². The number of carbonyl (C=O) groups is 12. The smallest absolute Gasteiger partial charge is 0.374 e. The van der Waals surface area contributed by atoms with Crippen LogP contribution in [0.5, 0.6) is 0 Å². The Labute approximate surface area is 343 Å². The third-order valence-corrected chi connectivity index (χ3v) is 9.62. The number of carboxylic acids is 5. The summed E-state index contributed by atoms with van der Waals surface area (Å²) in [6.07, 6.45) is 0.549. The van der Waals surface area contributed by atoms with Crippen LogP contribution in [-0.4, -0.2) is 139 Å². The molecule has 0 aromatic rings. The Morgan fingerprint density at radius 1 is 0.593 bits per heavy atom. The van der Waals surface area contributed by atoms with Crippen molar-refractivity contribution in [3.63, 3.8) is 0 Å². The van der Waals surface area contributed by atoms with Crippen molar-refractivity contribution in [3.05, 3.63) is 0 Å². The van der Waals surface area contributed by atoms with Gasteiger partial charge in [0.1, 0.15) is 36.3 Å². The van der Waals surface area contributed by atoms with Crippen LogP contribution in [0.2, 0.25) is 0 Å². The summed E-state index contributed by atoms with van der Waals surface area (Å²) in [4.78, 5) is 149. The van der Waals surface area contributed by atoms with Gasteiger partial charge >= 0.3 is 29.8 Å². The average Bonchev–Trinajstić information content (AvgIpc) is 3.14. The molecule has 1 aliphatic rings. The molecule has 1 saturated carbocycles. The molecule has 6 amide bonds. The van der Waals surface area contributed by atoms with E-state index in [4.69, 9.17) is 5.11 Å². The van der Waals surface area contributed by atoms with Gasteiger partial charge < -0.3 is 57.4 Å². The molecule has 6 atom stereocenters. The lowest BCUT2D eigenvalue weighted by molar-refractivity contribution is -0.156. The number of Topliss-reactive ketones (excluding diaryl/α,β-unsaturated/α-hetero) is 1.